The van der Waals surface area contributed by atoms with E-state index in [1.165, 1.54) is 5.56 Å². The summed E-state index contributed by atoms with van der Waals surface area (Å²) in [6.45, 7) is 0. The van der Waals surface area contributed by atoms with Crippen molar-refractivity contribution >= 4 is 23.4 Å². The Balaban J connectivity index is 1.92. The van der Waals surface area contributed by atoms with Gasteiger partial charge in [-0.3, -0.25) is 0 Å². The summed E-state index contributed by atoms with van der Waals surface area (Å²) in [7, 11) is 0. The highest BCUT2D eigenvalue weighted by Crippen LogP contribution is 2.26. The molecule has 0 spiro atoms. The number of phenolic OH excluding ortho intramolecular Hbond substituents is 1. The molecule has 0 saturated heterocycles. The maximum Gasteiger partial charge on any atom is 0.119 e. The second-order valence-corrected chi connectivity index (χ2v) is 5.17. The van der Waals surface area contributed by atoms with Crippen molar-refractivity contribution in [3.8, 4) is 5.75 Å². The second kappa shape index (κ2) is 5.99. The average Bonchev–Trinajstić information content (AvgIpc) is 2.35. The second-order valence-electron chi connectivity index (χ2n) is 3.75. The molecule has 2 aromatic carbocycles. The van der Waals surface area contributed by atoms with Crippen LogP contribution in [0.3, 0.4) is 0 Å². The molecule has 2 aromatic rings. The van der Waals surface area contributed by atoms with Crippen molar-refractivity contribution in [2.45, 2.75) is 11.5 Å². The maximum absolute atomic E-state index is 9.66. The van der Waals surface area contributed by atoms with Gasteiger partial charge in [0.15, 0.2) is 0 Å². The van der Waals surface area contributed by atoms with E-state index in [-0.39, 0.29) is 0 Å². The van der Waals surface area contributed by atoms with Crippen LogP contribution in [0.5, 0.6) is 5.75 Å². The topological polar surface area (TPSA) is 20.2 Å². The van der Waals surface area contributed by atoms with Gasteiger partial charge in [0.2, 0.25) is 0 Å². The Kier molecular flexibility index (Phi) is 4.35. The van der Waals surface area contributed by atoms with Crippen molar-refractivity contribution in [3.63, 3.8) is 0 Å². The lowest BCUT2D eigenvalue weighted by Crippen LogP contribution is -1.84. The van der Waals surface area contributed by atoms with E-state index in [2.05, 4.69) is 12.1 Å². The predicted octanol–water partition coefficient (Wildman–Crippen LogP) is 4.48. The summed E-state index contributed by atoms with van der Waals surface area (Å²) in [6.07, 6.45) is 0. The highest BCUT2D eigenvalue weighted by Gasteiger charge is 2.02. The summed E-state index contributed by atoms with van der Waals surface area (Å²) in [5.74, 6) is 2.02. The van der Waals surface area contributed by atoms with Crippen LogP contribution in [0, 0.1) is 0 Å². The smallest absolute Gasteiger partial charge is 0.119 e. The summed E-state index contributed by atoms with van der Waals surface area (Å²) in [6, 6.07) is 15.4. The van der Waals surface area contributed by atoms with Gasteiger partial charge in [-0.1, -0.05) is 41.9 Å². The van der Waals surface area contributed by atoms with Crippen molar-refractivity contribution < 1.29 is 5.11 Å². The molecule has 0 fully saturated rings. The van der Waals surface area contributed by atoms with Gasteiger partial charge in [-0.15, -0.1) is 0 Å². The molecule has 0 aliphatic carbocycles. The number of phenols is 1. The van der Waals surface area contributed by atoms with E-state index < -0.39 is 0 Å². The van der Waals surface area contributed by atoms with Gasteiger partial charge in [-0.2, -0.15) is 11.8 Å². The number of aromatic hydroxyl groups is 1. The molecule has 0 radical (unpaired) electrons. The van der Waals surface area contributed by atoms with Crippen LogP contribution in [0.1, 0.15) is 11.1 Å². The van der Waals surface area contributed by atoms with Gasteiger partial charge in [0.1, 0.15) is 5.75 Å². The molecule has 0 aromatic heterocycles. The van der Waals surface area contributed by atoms with Crippen molar-refractivity contribution in [3.05, 3.63) is 64.7 Å². The summed E-state index contributed by atoms with van der Waals surface area (Å²) in [4.78, 5) is 0. The molecule has 0 bridgehead atoms. The van der Waals surface area contributed by atoms with Crippen LogP contribution in [0.4, 0.5) is 0 Å². The SMILES string of the molecule is Oc1ccc(Cl)cc1CSCc1ccccc1. The van der Waals surface area contributed by atoms with Gasteiger partial charge in [0, 0.05) is 22.1 Å². The van der Waals surface area contributed by atoms with E-state index >= 15 is 0 Å². The van der Waals surface area contributed by atoms with Crippen LogP contribution in [0.25, 0.3) is 0 Å². The third kappa shape index (κ3) is 3.69. The zero-order valence-corrected chi connectivity index (χ0v) is 10.8. The molecule has 0 aliphatic rings. The molecule has 1 N–H and O–H groups in total. The Morgan fingerprint density at radius 3 is 2.53 bits per heavy atom. The van der Waals surface area contributed by atoms with E-state index in [0.717, 1.165) is 17.1 Å². The molecule has 0 aliphatic heterocycles. The Bertz CT molecular complexity index is 485. The minimum absolute atomic E-state index is 0.315. The fraction of sp³-hybridized carbons (Fsp3) is 0.143. The van der Waals surface area contributed by atoms with E-state index in [4.69, 9.17) is 11.6 Å². The van der Waals surface area contributed by atoms with Gasteiger partial charge in [-0.25, -0.2) is 0 Å². The number of benzene rings is 2. The van der Waals surface area contributed by atoms with Gasteiger partial charge in [-0.05, 0) is 23.8 Å². The Morgan fingerprint density at radius 2 is 1.76 bits per heavy atom. The monoisotopic (exact) mass is 264 g/mol. The lowest BCUT2D eigenvalue weighted by atomic mass is 10.2. The summed E-state index contributed by atoms with van der Waals surface area (Å²) in [5, 5.41) is 10.3. The number of thioether (sulfide) groups is 1. The van der Waals surface area contributed by atoms with Crippen molar-refractivity contribution in [2.75, 3.05) is 0 Å². The fourth-order valence-electron chi connectivity index (χ4n) is 1.52. The Labute approximate surface area is 110 Å². The number of hydrogen-bond donors (Lipinski definition) is 1. The summed E-state index contributed by atoms with van der Waals surface area (Å²) < 4.78 is 0. The summed E-state index contributed by atoms with van der Waals surface area (Å²) >= 11 is 7.66. The highest BCUT2D eigenvalue weighted by molar-refractivity contribution is 7.97. The minimum atomic E-state index is 0.315. The molecule has 0 unspecified atom stereocenters. The third-order valence-corrected chi connectivity index (χ3v) is 3.70. The van der Waals surface area contributed by atoms with Crippen LogP contribution in [-0.2, 0) is 11.5 Å². The summed E-state index contributed by atoms with van der Waals surface area (Å²) in [5.41, 5.74) is 2.18. The van der Waals surface area contributed by atoms with Gasteiger partial charge < -0.3 is 5.11 Å². The first-order chi connectivity index (χ1) is 8.25. The molecular formula is C14H13ClOS. The first-order valence-corrected chi connectivity index (χ1v) is 6.88. The molecule has 3 heteroatoms. The maximum atomic E-state index is 9.66. The van der Waals surface area contributed by atoms with Crippen LogP contribution in [-0.4, -0.2) is 5.11 Å². The average molecular weight is 265 g/mol. The largest absolute Gasteiger partial charge is 0.508 e. The standard InChI is InChI=1S/C14H13ClOS/c15-13-6-7-14(16)12(8-13)10-17-9-11-4-2-1-3-5-11/h1-8,16H,9-10H2. The van der Waals surface area contributed by atoms with E-state index in [1.807, 2.05) is 24.3 Å². The molecular weight excluding hydrogens is 252 g/mol. The lowest BCUT2D eigenvalue weighted by Gasteiger charge is -2.05. The zero-order chi connectivity index (χ0) is 12.1. The van der Waals surface area contributed by atoms with Crippen molar-refractivity contribution in [2.24, 2.45) is 0 Å². The molecule has 0 amide bonds. The van der Waals surface area contributed by atoms with E-state index in [1.54, 1.807) is 23.9 Å². The quantitative estimate of drug-likeness (QED) is 0.879. The lowest BCUT2D eigenvalue weighted by molar-refractivity contribution is 0.470. The number of halogens is 1. The Hall–Kier alpha value is -1.12. The number of rotatable bonds is 4. The number of hydrogen-bond acceptors (Lipinski definition) is 2. The van der Waals surface area contributed by atoms with Gasteiger partial charge in [0.05, 0.1) is 0 Å². The van der Waals surface area contributed by atoms with Crippen molar-refractivity contribution in [1.82, 2.24) is 0 Å². The van der Waals surface area contributed by atoms with Crippen LogP contribution < -0.4 is 0 Å². The zero-order valence-electron chi connectivity index (χ0n) is 9.27. The van der Waals surface area contributed by atoms with Crippen LogP contribution in [0.15, 0.2) is 48.5 Å². The molecule has 0 atom stereocenters. The minimum Gasteiger partial charge on any atom is -0.508 e. The first-order valence-electron chi connectivity index (χ1n) is 5.35. The molecule has 0 heterocycles. The van der Waals surface area contributed by atoms with Crippen LogP contribution in [0.2, 0.25) is 5.02 Å². The van der Waals surface area contributed by atoms with Gasteiger partial charge >= 0.3 is 0 Å². The van der Waals surface area contributed by atoms with Crippen LogP contribution >= 0.6 is 23.4 Å². The van der Waals surface area contributed by atoms with Crippen molar-refractivity contribution in [1.29, 1.82) is 0 Å². The molecule has 17 heavy (non-hydrogen) atoms. The van der Waals surface area contributed by atoms with Gasteiger partial charge in [0.25, 0.3) is 0 Å². The molecule has 1 nitrogen and oxygen atoms in total. The predicted molar refractivity (Wildman–Crippen MR) is 74.6 cm³/mol. The molecule has 0 saturated carbocycles. The van der Waals surface area contributed by atoms with E-state index in [9.17, 15) is 5.11 Å². The molecule has 88 valence electrons. The third-order valence-electron chi connectivity index (χ3n) is 2.41. The Morgan fingerprint density at radius 1 is 1.00 bits per heavy atom. The van der Waals surface area contributed by atoms with E-state index in [0.29, 0.717) is 10.8 Å². The fourth-order valence-corrected chi connectivity index (χ4v) is 2.70. The molecule has 2 rings (SSSR count). The first kappa shape index (κ1) is 12.3. The normalized spacial score (nSPS) is 10.4. The highest BCUT2D eigenvalue weighted by atomic mass is 35.5.